The van der Waals surface area contributed by atoms with E-state index in [1.54, 1.807) is 11.9 Å². The van der Waals surface area contributed by atoms with Crippen LogP contribution in [0.25, 0.3) is 0 Å². The summed E-state index contributed by atoms with van der Waals surface area (Å²) in [5.74, 6) is 1.02. The SMILES string of the molecule is CCOc1cccc(CN2CCC3(CC2)COc2c3ccc3c2CN(C(CCC=O)C(=O)NC)C3=O)n1. The van der Waals surface area contributed by atoms with E-state index in [0.717, 1.165) is 55.8 Å². The fraction of sp³-hybridized carbons (Fsp3) is 0.500. The van der Waals surface area contributed by atoms with Crippen molar-refractivity contribution in [3.8, 4) is 11.6 Å². The smallest absolute Gasteiger partial charge is 0.255 e. The first-order valence-corrected chi connectivity index (χ1v) is 13.1. The number of hydrogen-bond acceptors (Lipinski definition) is 7. The summed E-state index contributed by atoms with van der Waals surface area (Å²) < 4.78 is 11.8. The fourth-order valence-electron chi connectivity index (χ4n) is 5.88. The van der Waals surface area contributed by atoms with Crippen molar-refractivity contribution in [3.05, 3.63) is 52.7 Å². The highest BCUT2D eigenvalue weighted by molar-refractivity contribution is 6.02. The lowest BCUT2D eigenvalue weighted by atomic mass is 9.74. The number of piperidine rings is 1. The second-order valence-electron chi connectivity index (χ2n) is 10.0. The zero-order chi connectivity index (χ0) is 26.0. The summed E-state index contributed by atoms with van der Waals surface area (Å²) in [6.07, 6.45) is 3.22. The van der Waals surface area contributed by atoms with Gasteiger partial charge in [-0.15, -0.1) is 0 Å². The molecule has 0 saturated carbocycles. The van der Waals surface area contributed by atoms with E-state index >= 15 is 0 Å². The lowest BCUT2D eigenvalue weighted by Gasteiger charge is -2.38. The van der Waals surface area contributed by atoms with Crippen LogP contribution in [0.1, 0.15) is 59.8 Å². The van der Waals surface area contributed by atoms with Crippen LogP contribution in [0.5, 0.6) is 11.6 Å². The Kier molecular flexibility index (Phi) is 7.15. The number of pyridine rings is 1. The Labute approximate surface area is 217 Å². The highest BCUT2D eigenvalue weighted by atomic mass is 16.5. The van der Waals surface area contributed by atoms with Crippen molar-refractivity contribution in [1.82, 2.24) is 20.1 Å². The van der Waals surface area contributed by atoms with Gasteiger partial charge in [-0.1, -0.05) is 12.1 Å². The van der Waals surface area contributed by atoms with Crippen LogP contribution in [-0.2, 0) is 28.1 Å². The molecule has 0 aliphatic carbocycles. The maximum absolute atomic E-state index is 13.3. The number of fused-ring (bicyclic) bond motifs is 4. The van der Waals surface area contributed by atoms with E-state index in [1.165, 1.54) is 5.56 Å². The third kappa shape index (κ3) is 4.68. The predicted octanol–water partition coefficient (Wildman–Crippen LogP) is 2.46. The van der Waals surface area contributed by atoms with Crippen molar-refractivity contribution in [1.29, 1.82) is 0 Å². The number of ether oxygens (including phenoxy) is 2. The number of carbonyl (C=O) groups excluding carboxylic acids is 3. The number of amides is 2. The molecule has 9 nitrogen and oxygen atoms in total. The number of likely N-dealkylation sites (tertiary alicyclic amines) is 1. The second kappa shape index (κ2) is 10.5. The summed E-state index contributed by atoms with van der Waals surface area (Å²) in [5.41, 5.74) is 3.55. The molecule has 1 fully saturated rings. The Morgan fingerprint density at radius 1 is 1.27 bits per heavy atom. The molecule has 0 radical (unpaired) electrons. The Morgan fingerprint density at radius 2 is 2.08 bits per heavy atom. The van der Waals surface area contributed by atoms with E-state index in [-0.39, 0.29) is 23.7 Å². The molecule has 1 atom stereocenters. The van der Waals surface area contributed by atoms with Crippen molar-refractivity contribution < 1.29 is 23.9 Å². The van der Waals surface area contributed by atoms with Gasteiger partial charge in [0.15, 0.2) is 0 Å². The van der Waals surface area contributed by atoms with Crippen molar-refractivity contribution >= 4 is 18.1 Å². The molecular weight excluding hydrogens is 472 g/mol. The van der Waals surface area contributed by atoms with Crippen LogP contribution in [0.3, 0.4) is 0 Å². The minimum Gasteiger partial charge on any atom is -0.492 e. The normalized spacial score (nSPS) is 18.8. The Hall–Kier alpha value is -3.46. The number of likely N-dealkylation sites (N-methyl/N-ethyl adjacent to an activating group) is 1. The molecule has 3 aliphatic heterocycles. The molecule has 1 aromatic carbocycles. The van der Waals surface area contributed by atoms with E-state index in [4.69, 9.17) is 9.47 Å². The third-order valence-electron chi connectivity index (χ3n) is 7.90. The van der Waals surface area contributed by atoms with Gasteiger partial charge in [0.1, 0.15) is 18.1 Å². The fourth-order valence-corrected chi connectivity index (χ4v) is 5.88. The number of nitrogens with zero attached hydrogens (tertiary/aromatic N) is 3. The van der Waals surface area contributed by atoms with Gasteiger partial charge in [-0.2, -0.15) is 0 Å². The largest absolute Gasteiger partial charge is 0.492 e. The van der Waals surface area contributed by atoms with Gasteiger partial charge in [-0.3, -0.25) is 14.5 Å². The average molecular weight is 507 g/mol. The van der Waals surface area contributed by atoms with Gasteiger partial charge in [-0.25, -0.2) is 4.98 Å². The highest BCUT2D eigenvalue weighted by Crippen LogP contribution is 2.49. The molecule has 3 aliphatic rings. The molecule has 37 heavy (non-hydrogen) atoms. The Balaban J connectivity index is 1.30. The maximum Gasteiger partial charge on any atom is 0.255 e. The average Bonchev–Trinajstić information content (AvgIpc) is 3.44. The molecule has 1 unspecified atom stereocenters. The van der Waals surface area contributed by atoms with Gasteiger partial charge in [-0.05, 0) is 51.4 Å². The molecule has 1 aromatic heterocycles. The van der Waals surface area contributed by atoms with Gasteiger partial charge >= 0.3 is 0 Å². The molecule has 1 saturated heterocycles. The molecule has 2 amide bonds. The maximum atomic E-state index is 13.3. The minimum atomic E-state index is -0.681. The number of benzene rings is 1. The molecule has 2 aromatic rings. The van der Waals surface area contributed by atoms with E-state index in [1.807, 2.05) is 37.3 Å². The van der Waals surface area contributed by atoms with Crippen LogP contribution in [0, 0.1) is 0 Å². The number of aldehydes is 1. The molecule has 1 spiro atoms. The van der Waals surface area contributed by atoms with E-state index < -0.39 is 6.04 Å². The molecule has 196 valence electrons. The first kappa shape index (κ1) is 25.2. The van der Waals surface area contributed by atoms with Gasteiger partial charge in [0.05, 0.1) is 25.5 Å². The molecule has 5 rings (SSSR count). The van der Waals surface area contributed by atoms with E-state index in [2.05, 4.69) is 15.2 Å². The number of rotatable bonds is 9. The minimum absolute atomic E-state index is 0.0738. The number of nitrogens with one attached hydrogen (secondary N) is 1. The topological polar surface area (TPSA) is 101 Å². The van der Waals surface area contributed by atoms with Crippen LogP contribution in [0.4, 0.5) is 0 Å². The zero-order valence-electron chi connectivity index (χ0n) is 21.5. The van der Waals surface area contributed by atoms with Crippen molar-refractivity contribution in [2.45, 2.75) is 57.2 Å². The van der Waals surface area contributed by atoms with Crippen LogP contribution < -0.4 is 14.8 Å². The third-order valence-corrected chi connectivity index (χ3v) is 7.90. The van der Waals surface area contributed by atoms with Crippen molar-refractivity contribution in [2.24, 2.45) is 0 Å². The number of carbonyl (C=O) groups is 3. The van der Waals surface area contributed by atoms with Gasteiger partial charge in [0.25, 0.3) is 5.91 Å². The quantitative estimate of drug-likeness (QED) is 0.522. The summed E-state index contributed by atoms with van der Waals surface area (Å²) in [6, 6.07) is 9.16. The Bertz CT molecular complexity index is 1190. The molecular formula is C28H34N4O5. The van der Waals surface area contributed by atoms with Crippen LogP contribution >= 0.6 is 0 Å². The lowest BCUT2D eigenvalue weighted by molar-refractivity contribution is -0.125. The van der Waals surface area contributed by atoms with Crippen LogP contribution in [0.2, 0.25) is 0 Å². The highest BCUT2D eigenvalue weighted by Gasteiger charge is 2.47. The predicted molar refractivity (Wildman–Crippen MR) is 137 cm³/mol. The standard InChI is InChI=1S/C28H34N4O5/c1-3-36-24-8-4-6-19(30-24)16-31-13-11-28(12-14-31)18-37-25-21-17-32(23(7-5-15-33)26(34)29-2)27(35)20(21)9-10-22(25)28/h4,6,8-10,15,23H,3,5,7,11-14,16-18H2,1-2H3,(H,29,34). The summed E-state index contributed by atoms with van der Waals surface area (Å²) in [4.78, 5) is 45.3. The van der Waals surface area contributed by atoms with Crippen LogP contribution in [0.15, 0.2) is 30.3 Å². The van der Waals surface area contributed by atoms with Gasteiger partial charge < -0.3 is 24.5 Å². The molecule has 1 N–H and O–H groups in total. The number of aromatic nitrogens is 1. The summed E-state index contributed by atoms with van der Waals surface area (Å²) in [5, 5.41) is 2.63. The van der Waals surface area contributed by atoms with Crippen molar-refractivity contribution in [3.63, 3.8) is 0 Å². The van der Waals surface area contributed by atoms with Gasteiger partial charge in [0, 0.05) is 48.2 Å². The van der Waals surface area contributed by atoms with Gasteiger partial charge in [0.2, 0.25) is 11.8 Å². The first-order valence-electron chi connectivity index (χ1n) is 13.1. The lowest BCUT2D eigenvalue weighted by Crippen LogP contribution is -2.46. The molecule has 4 heterocycles. The zero-order valence-corrected chi connectivity index (χ0v) is 21.5. The summed E-state index contributed by atoms with van der Waals surface area (Å²) >= 11 is 0. The molecule has 0 bridgehead atoms. The monoisotopic (exact) mass is 506 g/mol. The van der Waals surface area contributed by atoms with Crippen molar-refractivity contribution in [2.75, 3.05) is 33.4 Å². The first-order chi connectivity index (χ1) is 18.0. The van der Waals surface area contributed by atoms with E-state index in [0.29, 0.717) is 37.6 Å². The van der Waals surface area contributed by atoms with Crippen LogP contribution in [-0.4, -0.2) is 72.3 Å². The number of hydrogen-bond donors (Lipinski definition) is 1. The van der Waals surface area contributed by atoms with E-state index in [9.17, 15) is 14.4 Å². The molecule has 9 heteroatoms. The summed E-state index contributed by atoms with van der Waals surface area (Å²) in [7, 11) is 1.55. The second-order valence-corrected chi connectivity index (χ2v) is 10.0. The summed E-state index contributed by atoms with van der Waals surface area (Å²) in [6.45, 7) is 6.10. The Morgan fingerprint density at radius 3 is 2.81 bits per heavy atom.